The fraction of sp³-hybridized carbons (Fsp3) is 0.143. The van der Waals surface area contributed by atoms with E-state index >= 15 is 0 Å². The summed E-state index contributed by atoms with van der Waals surface area (Å²) in [6.07, 6.45) is 1.35. The number of halogens is 1. The summed E-state index contributed by atoms with van der Waals surface area (Å²) in [7, 11) is -2.18. The zero-order chi connectivity index (χ0) is 15.5. The Hall–Kier alpha value is -1.94. The van der Waals surface area contributed by atoms with Gasteiger partial charge in [0.2, 0.25) is 10.0 Å². The summed E-state index contributed by atoms with van der Waals surface area (Å²) in [6, 6.07) is 11.5. The predicted octanol–water partition coefficient (Wildman–Crippen LogP) is 2.43. The Morgan fingerprint density at radius 3 is 2.76 bits per heavy atom. The Morgan fingerprint density at radius 2 is 2.10 bits per heavy atom. The Morgan fingerprint density at radius 1 is 1.33 bits per heavy atom. The summed E-state index contributed by atoms with van der Waals surface area (Å²) in [4.78, 5) is 3.85. The number of benzene rings is 1. The third-order valence-corrected chi connectivity index (χ3v) is 4.87. The third-order valence-electron chi connectivity index (χ3n) is 2.87. The van der Waals surface area contributed by atoms with Crippen molar-refractivity contribution in [2.45, 2.75) is 11.4 Å². The van der Waals surface area contributed by atoms with E-state index in [0.29, 0.717) is 5.56 Å². The molecule has 0 N–H and O–H groups in total. The number of pyridine rings is 1. The molecule has 0 amide bonds. The second kappa shape index (κ2) is 6.22. The van der Waals surface area contributed by atoms with Gasteiger partial charge in [-0.25, -0.2) is 13.4 Å². The van der Waals surface area contributed by atoms with Gasteiger partial charge in [0, 0.05) is 19.8 Å². The highest BCUT2D eigenvalue weighted by Crippen LogP contribution is 2.19. The van der Waals surface area contributed by atoms with Gasteiger partial charge < -0.3 is 0 Å². The van der Waals surface area contributed by atoms with Crippen LogP contribution in [0.25, 0.3) is 0 Å². The monoisotopic (exact) mass is 321 g/mol. The lowest BCUT2D eigenvalue weighted by atomic mass is 10.1. The number of hydrogen-bond acceptors (Lipinski definition) is 4. The van der Waals surface area contributed by atoms with Crippen LogP contribution in [0.3, 0.4) is 0 Å². The van der Waals surface area contributed by atoms with E-state index < -0.39 is 10.0 Å². The molecule has 0 atom stereocenters. The molecule has 0 saturated carbocycles. The minimum absolute atomic E-state index is 0.0847. The van der Waals surface area contributed by atoms with Crippen LogP contribution in [0.5, 0.6) is 0 Å². The lowest BCUT2D eigenvalue weighted by molar-refractivity contribution is 0.466. The van der Waals surface area contributed by atoms with Crippen molar-refractivity contribution in [1.29, 1.82) is 5.26 Å². The zero-order valence-corrected chi connectivity index (χ0v) is 12.8. The van der Waals surface area contributed by atoms with Crippen LogP contribution >= 0.6 is 11.6 Å². The van der Waals surface area contributed by atoms with Crippen molar-refractivity contribution >= 4 is 21.6 Å². The SMILES string of the molecule is CN(Cc1cccc(C#N)c1)S(=O)(=O)c1ccnc(Cl)c1. The van der Waals surface area contributed by atoms with E-state index in [1.807, 2.05) is 6.07 Å². The van der Waals surface area contributed by atoms with E-state index in [1.165, 1.54) is 29.7 Å². The molecule has 0 aliphatic rings. The van der Waals surface area contributed by atoms with Gasteiger partial charge in [0.05, 0.1) is 16.5 Å². The molecule has 1 aromatic carbocycles. The van der Waals surface area contributed by atoms with Crippen LogP contribution in [-0.2, 0) is 16.6 Å². The molecule has 5 nitrogen and oxygen atoms in total. The van der Waals surface area contributed by atoms with E-state index in [1.54, 1.807) is 24.3 Å². The van der Waals surface area contributed by atoms with Crippen LogP contribution in [0.2, 0.25) is 5.15 Å². The van der Waals surface area contributed by atoms with Crippen molar-refractivity contribution < 1.29 is 8.42 Å². The fourth-order valence-corrected chi connectivity index (χ4v) is 3.22. The lowest BCUT2D eigenvalue weighted by Gasteiger charge is -2.17. The standard InChI is InChI=1S/C14H12ClN3O2S/c1-18(10-12-4-2-3-11(7-12)9-16)21(19,20)13-5-6-17-14(15)8-13/h2-8H,10H2,1H3. The summed E-state index contributed by atoms with van der Waals surface area (Å²) in [6.45, 7) is 0.164. The number of nitrogens with zero attached hydrogens (tertiary/aromatic N) is 3. The third kappa shape index (κ3) is 3.58. The maximum Gasteiger partial charge on any atom is 0.243 e. The number of nitriles is 1. The summed E-state index contributed by atoms with van der Waals surface area (Å²) in [5.41, 5.74) is 1.23. The van der Waals surface area contributed by atoms with E-state index in [0.717, 1.165) is 5.56 Å². The van der Waals surface area contributed by atoms with Crippen molar-refractivity contribution in [3.63, 3.8) is 0 Å². The van der Waals surface area contributed by atoms with E-state index in [-0.39, 0.29) is 16.6 Å². The molecule has 0 fully saturated rings. The Balaban J connectivity index is 2.27. The lowest BCUT2D eigenvalue weighted by Crippen LogP contribution is -2.26. The highest BCUT2D eigenvalue weighted by atomic mass is 35.5. The molecule has 2 aromatic rings. The van der Waals surface area contributed by atoms with E-state index in [2.05, 4.69) is 4.98 Å². The van der Waals surface area contributed by atoms with Crippen LogP contribution in [0.1, 0.15) is 11.1 Å². The number of hydrogen-bond donors (Lipinski definition) is 0. The highest BCUT2D eigenvalue weighted by Gasteiger charge is 2.21. The van der Waals surface area contributed by atoms with Gasteiger partial charge in [-0.05, 0) is 29.8 Å². The minimum atomic E-state index is -3.65. The van der Waals surface area contributed by atoms with Gasteiger partial charge in [-0.2, -0.15) is 9.57 Å². The van der Waals surface area contributed by atoms with Crippen molar-refractivity contribution in [3.8, 4) is 6.07 Å². The predicted molar refractivity (Wildman–Crippen MR) is 79.1 cm³/mol. The average molecular weight is 322 g/mol. The van der Waals surface area contributed by atoms with Gasteiger partial charge in [0.15, 0.2) is 0 Å². The fourth-order valence-electron chi connectivity index (χ4n) is 1.81. The molecular formula is C14H12ClN3O2S. The topological polar surface area (TPSA) is 74.1 Å². The minimum Gasteiger partial charge on any atom is -0.244 e. The Bertz CT molecular complexity index is 800. The molecule has 1 heterocycles. The van der Waals surface area contributed by atoms with Crippen LogP contribution in [0.15, 0.2) is 47.5 Å². The first-order chi connectivity index (χ1) is 9.93. The zero-order valence-electron chi connectivity index (χ0n) is 11.2. The molecule has 7 heteroatoms. The van der Waals surface area contributed by atoms with Crippen molar-refractivity contribution in [2.24, 2.45) is 0 Å². The molecule has 2 rings (SSSR count). The Kier molecular flexibility index (Phi) is 4.58. The quantitative estimate of drug-likeness (QED) is 0.811. The molecule has 0 radical (unpaired) electrons. The second-order valence-corrected chi connectivity index (χ2v) is 6.82. The molecular weight excluding hydrogens is 310 g/mol. The first kappa shape index (κ1) is 15.4. The number of rotatable bonds is 4. The molecule has 0 unspecified atom stereocenters. The van der Waals surface area contributed by atoms with Gasteiger partial charge in [-0.15, -0.1) is 0 Å². The van der Waals surface area contributed by atoms with Crippen LogP contribution in [-0.4, -0.2) is 24.8 Å². The summed E-state index contributed by atoms with van der Waals surface area (Å²) in [5, 5.41) is 8.98. The first-order valence-electron chi connectivity index (χ1n) is 6.00. The van der Waals surface area contributed by atoms with Gasteiger partial charge >= 0.3 is 0 Å². The van der Waals surface area contributed by atoms with Gasteiger partial charge in [0.25, 0.3) is 0 Å². The molecule has 1 aromatic heterocycles. The van der Waals surface area contributed by atoms with Crippen molar-refractivity contribution in [2.75, 3.05) is 7.05 Å². The molecule has 0 aliphatic carbocycles. The first-order valence-corrected chi connectivity index (χ1v) is 7.82. The van der Waals surface area contributed by atoms with Gasteiger partial charge in [-0.1, -0.05) is 23.7 Å². The summed E-state index contributed by atoms with van der Waals surface area (Å²) < 4.78 is 26.0. The summed E-state index contributed by atoms with van der Waals surface area (Å²) >= 11 is 5.73. The molecule has 0 spiro atoms. The number of aromatic nitrogens is 1. The van der Waals surface area contributed by atoms with Gasteiger partial charge in [-0.3, -0.25) is 0 Å². The molecule has 108 valence electrons. The van der Waals surface area contributed by atoms with Gasteiger partial charge in [0.1, 0.15) is 5.15 Å². The number of sulfonamides is 1. The van der Waals surface area contributed by atoms with Crippen LogP contribution in [0.4, 0.5) is 0 Å². The summed E-state index contributed by atoms with van der Waals surface area (Å²) in [5.74, 6) is 0. The maximum absolute atomic E-state index is 12.4. The highest BCUT2D eigenvalue weighted by molar-refractivity contribution is 7.89. The molecule has 21 heavy (non-hydrogen) atoms. The van der Waals surface area contributed by atoms with Crippen molar-refractivity contribution in [3.05, 3.63) is 58.9 Å². The largest absolute Gasteiger partial charge is 0.244 e. The molecule has 0 bridgehead atoms. The molecule has 0 aliphatic heterocycles. The average Bonchev–Trinajstić information content (AvgIpc) is 2.47. The maximum atomic E-state index is 12.4. The smallest absolute Gasteiger partial charge is 0.243 e. The molecule has 0 saturated heterocycles. The van der Waals surface area contributed by atoms with E-state index in [4.69, 9.17) is 16.9 Å². The van der Waals surface area contributed by atoms with Crippen LogP contribution < -0.4 is 0 Å². The van der Waals surface area contributed by atoms with E-state index in [9.17, 15) is 8.42 Å². The second-order valence-electron chi connectivity index (χ2n) is 4.39. The van der Waals surface area contributed by atoms with Crippen molar-refractivity contribution in [1.82, 2.24) is 9.29 Å². The van der Waals surface area contributed by atoms with Crippen LogP contribution in [0, 0.1) is 11.3 Å². The Labute approximate surface area is 128 Å². The normalized spacial score (nSPS) is 11.3.